The van der Waals surface area contributed by atoms with Gasteiger partial charge >= 0.3 is 0 Å². The molecular weight excluding hydrogens is 383 g/mol. The molecular formula is C11H8BrIN2O. The van der Waals surface area contributed by atoms with Crippen LogP contribution in [0, 0.1) is 3.57 Å². The van der Waals surface area contributed by atoms with E-state index in [2.05, 4.69) is 25.9 Å². The molecule has 0 unspecified atom stereocenters. The molecule has 0 aliphatic rings. The Labute approximate surface area is 115 Å². The van der Waals surface area contributed by atoms with Gasteiger partial charge in [-0.15, -0.1) is 0 Å². The van der Waals surface area contributed by atoms with Gasteiger partial charge in [-0.3, -0.25) is 4.79 Å². The van der Waals surface area contributed by atoms with Crippen LogP contribution in [0.5, 0.6) is 0 Å². The molecule has 5 heteroatoms. The first kappa shape index (κ1) is 11.8. The lowest BCUT2D eigenvalue weighted by atomic mass is 10.1. The normalized spacial score (nSPS) is 10.4. The van der Waals surface area contributed by atoms with E-state index < -0.39 is 0 Å². The van der Waals surface area contributed by atoms with E-state index in [1.54, 1.807) is 6.20 Å². The summed E-state index contributed by atoms with van der Waals surface area (Å²) in [6.07, 6.45) is 2.22. The van der Waals surface area contributed by atoms with Crippen LogP contribution < -0.4 is 5.56 Å². The number of aromatic nitrogens is 2. The molecule has 3 nitrogen and oxygen atoms in total. The molecule has 0 radical (unpaired) electrons. The highest BCUT2D eigenvalue weighted by Crippen LogP contribution is 2.13. The molecule has 0 bridgehead atoms. The second-order valence-corrected chi connectivity index (χ2v) is 5.39. The number of H-pyrrole nitrogens is 1. The van der Waals surface area contributed by atoms with Gasteiger partial charge in [0.1, 0.15) is 5.82 Å². The third-order valence-corrected chi connectivity index (χ3v) is 3.33. The van der Waals surface area contributed by atoms with Gasteiger partial charge in [0, 0.05) is 17.1 Å². The third-order valence-electron chi connectivity index (χ3n) is 2.07. The topological polar surface area (TPSA) is 45.8 Å². The maximum Gasteiger partial charge on any atom is 0.264 e. The number of benzene rings is 1. The predicted molar refractivity (Wildman–Crippen MR) is 74.5 cm³/mol. The van der Waals surface area contributed by atoms with Crippen molar-refractivity contribution in [2.75, 3.05) is 0 Å². The van der Waals surface area contributed by atoms with Crippen molar-refractivity contribution in [1.82, 2.24) is 9.97 Å². The lowest BCUT2D eigenvalue weighted by Gasteiger charge is -2.01. The summed E-state index contributed by atoms with van der Waals surface area (Å²) in [6, 6.07) is 7.94. The van der Waals surface area contributed by atoms with Gasteiger partial charge in [0.05, 0.1) is 3.57 Å². The molecule has 0 aliphatic heterocycles. The van der Waals surface area contributed by atoms with Crippen LogP contribution >= 0.6 is 38.5 Å². The molecule has 0 spiro atoms. The first-order valence-electron chi connectivity index (χ1n) is 4.63. The molecule has 0 saturated heterocycles. The number of rotatable bonds is 2. The maximum absolute atomic E-state index is 11.4. The Bertz CT molecular complexity index is 568. The van der Waals surface area contributed by atoms with Crippen LogP contribution in [0.15, 0.2) is 39.7 Å². The SMILES string of the molecule is O=c1[nH]c(Cc2cccc(Br)c2)ncc1I. The zero-order chi connectivity index (χ0) is 11.5. The smallest absolute Gasteiger partial charge is 0.264 e. The minimum atomic E-state index is -0.0828. The molecule has 2 aromatic rings. The fraction of sp³-hybridized carbons (Fsp3) is 0.0909. The summed E-state index contributed by atoms with van der Waals surface area (Å²) in [5.74, 6) is 0.684. The molecule has 1 aromatic carbocycles. The van der Waals surface area contributed by atoms with E-state index in [0.29, 0.717) is 15.8 Å². The first-order valence-corrected chi connectivity index (χ1v) is 6.50. The highest BCUT2D eigenvalue weighted by molar-refractivity contribution is 14.1. The van der Waals surface area contributed by atoms with E-state index >= 15 is 0 Å². The molecule has 0 aliphatic carbocycles. The standard InChI is InChI=1S/C11H8BrIN2O/c12-8-3-1-2-7(4-8)5-10-14-6-9(13)11(16)15-10/h1-4,6H,5H2,(H,14,15,16). The fourth-order valence-electron chi connectivity index (χ4n) is 1.35. The Morgan fingerprint density at radius 1 is 1.44 bits per heavy atom. The van der Waals surface area contributed by atoms with Crippen LogP contribution in [-0.4, -0.2) is 9.97 Å². The zero-order valence-electron chi connectivity index (χ0n) is 8.21. The summed E-state index contributed by atoms with van der Waals surface area (Å²) in [6.45, 7) is 0. The summed E-state index contributed by atoms with van der Waals surface area (Å²) < 4.78 is 1.63. The van der Waals surface area contributed by atoms with Gasteiger partial charge < -0.3 is 4.98 Å². The molecule has 0 amide bonds. The van der Waals surface area contributed by atoms with Crippen molar-refractivity contribution in [1.29, 1.82) is 0 Å². The van der Waals surface area contributed by atoms with E-state index in [4.69, 9.17) is 0 Å². The first-order chi connectivity index (χ1) is 7.65. The molecule has 2 rings (SSSR count). The lowest BCUT2D eigenvalue weighted by Crippen LogP contribution is -2.13. The average Bonchev–Trinajstić information content (AvgIpc) is 2.24. The number of nitrogens with one attached hydrogen (secondary N) is 1. The molecule has 0 atom stereocenters. The van der Waals surface area contributed by atoms with Crippen LogP contribution in [0.1, 0.15) is 11.4 Å². The van der Waals surface area contributed by atoms with E-state index in [0.717, 1.165) is 10.0 Å². The Hall–Kier alpha value is -0.690. The Kier molecular flexibility index (Phi) is 3.75. The van der Waals surface area contributed by atoms with Crippen molar-refractivity contribution in [3.63, 3.8) is 0 Å². The minimum Gasteiger partial charge on any atom is -0.309 e. The van der Waals surface area contributed by atoms with Crippen molar-refractivity contribution in [3.8, 4) is 0 Å². The molecule has 1 aromatic heterocycles. The van der Waals surface area contributed by atoms with Crippen molar-refractivity contribution < 1.29 is 0 Å². The summed E-state index contributed by atoms with van der Waals surface area (Å²) >= 11 is 5.37. The average molecular weight is 391 g/mol. The molecule has 0 fully saturated rings. The fourth-order valence-corrected chi connectivity index (χ4v) is 2.07. The molecule has 1 heterocycles. The van der Waals surface area contributed by atoms with Gasteiger partial charge in [0.2, 0.25) is 0 Å². The van der Waals surface area contributed by atoms with Crippen LogP contribution in [-0.2, 0) is 6.42 Å². The molecule has 82 valence electrons. The van der Waals surface area contributed by atoms with E-state index in [1.807, 2.05) is 46.9 Å². The summed E-state index contributed by atoms with van der Waals surface area (Å²) in [5.41, 5.74) is 1.03. The van der Waals surface area contributed by atoms with Crippen LogP contribution in [0.25, 0.3) is 0 Å². The molecule has 1 N–H and O–H groups in total. The summed E-state index contributed by atoms with van der Waals surface area (Å²) in [5, 5.41) is 0. The Balaban J connectivity index is 2.27. The second kappa shape index (κ2) is 5.09. The van der Waals surface area contributed by atoms with Crippen LogP contribution in [0.2, 0.25) is 0 Å². The van der Waals surface area contributed by atoms with E-state index in [-0.39, 0.29) is 5.56 Å². The van der Waals surface area contributed by atoms with Gasteiger partial charge in [-0.05, 0) is 40.3 Å². The number of nitrogens with zero attached hydrogens (tertiary/aromatic N) is 1. The van der Waals surface area contributed by atoms with Gasteiger partial charge in [-0.25, -0.2) is 4.98 Å². The number of hydrogen-bond donors (Lipinski definition) is 1. The highest BCUT2D eigenvalue weighted by atomic mass is 127. The largest absolute Gasteiger partial charge is 0.309 e. The summed E-state index contributed by atoms with van der Waals surface area (Å²) in [4.78, 5) is 18.3. The quantitative estimate of drug-likeness (QED) is 0.801. The summed E-state index contributed by atoms with van der Waals surface area (Å²) in [7, 11) is 0. The number of aromatic amines is 1. The van der Waals surface area contributed by atoms with Gasteiger partial charge in [-0.2, -0.15) is 0 Å². The van der Waals surface area contributed by atoms with Gasteiger partial charge in [-0.1, -0.05) is 28.1 Å². The lowest BCUT2D eigenvalue weighted by molar-refractivity contribution is 0.936. The van der Waals surface area contributed by atoms with Crippen LogP contribution in [0.3, 0.4) is 0 Å². The number of halogens is 2. The number of hydrogen-bond acceptors (Lipinski definition) is 2. The van der Waals surface area contributed by atoms with Gasteiger partial charge in [0.25, 0.3) is 5.56 Å². The van der Waals surface area contributed by atoms with Crippen molar-refractivity contribution in [3.05, 3.63) is 60.2 Å². The zero-order valence-corrected chi connectivity index (χ0v) is 11.9. The Morgan fingerprint density at radius 3 is 2.94 bits per heavy atom. The minimum absolute atomic E-state index is 0.0828. The highest BCUT2D eigenvalue weighted by Gasteiger charge is 2.01. The van der Waals surface area contributed by atoms with Crippen LogP contribution in [0.4, 0.5) is 0 Å². The van der Waals surface area contributed by atoms with Crippen molar-refractivity contribution >= 4 is 38.5 Å². The second-order valence-electron chi connectivity index (χ2n) is 3.31. The monoisotopic (exact) mass is 390 g/mol. The van der Waals surface area contributed by atoms with Crippen molar-refractivity contribution in [2.24, 2.45) is 0 Å². The van der Waals surface area contributed by atoms with E-state index in [9.17, 15) is 4.79 Å². The van der Waals surface area contributed by atoms with Crippen molar-refractivity contribution in [2.45, 2.75) is 6.42 Å². The molecule has 0 saturated carbocycles. The maximum atomic E-state index is 11.4. The third kappa shape index (κ3) is 2.91. The Morgan fingerprint density at radius 2 is 2.25 bits per heavy atom. The molecule has 16 heavy (non-hydrogen) atoms. The predicted octanol–water partition coefficient (Wildman–Crippen LogP) is 2.73. The van der Waals surface area contributed by atoms with Gasteiger partial charge in [0.15, 0.2) is 0 Å². The van der Waals surface area contributed by atoms with E-state index in [1.165, 1.54) is 0 Å².